The van der Waals surface area contributed by atoms with Crippen LogP contribution < -0.4 is 10.1 Å². The third-order valence-corrected chi connectivity index (χ3v) is 5.36. The number of nitrogens with zero attached hydrogens (tertiary/aromatic N) is 2. The highest BCUT2D eigenvalue weighted by molar-refractivity contribution is 6.05. The zero-order valence-corrected chi connectivity index (χ0v) is 16.3. The van der Waals surface area contributed by atoms with E-state index in [1.165, 1.54) is 5.56 Å². The average molecular weight is 375 g/mol. The predicted octanol–water partition coefficient (Wildman–Crippen LogP) is 3.77. The number of hydrogen-bond donors (Lipinski definition) is 1. The van der Waals surface area contributed by atoms with E-state index < -0.39 is 0 Å². The molecular weight excluding hydrogens is 350 g/mol. The molecule has 0 fully saturated rings. The Morgan fingerprint density at radius 2 is 1.89 bits per heavy atom. The molecule has 1 atom stereocenters. The van der Waals surface area contributed by atoms with Gasteiger partial charge in [0.25, 0.3) is 5.91 Å². The molecule has 0 radical (unpaired) electrons. The molecule has 0 saturated carbocycles. The van der Waals surface area contributed by atoms with Crippen LogP contribution in [0.1, 0.15) is 35.0 Å². The molecule has 0 bridgehead atoms. The van der Waals surface area contributed by atoms with Gasteiger partial charge < -0.3 is 15.0 Å². The molecule has 1 aliphatic rings. The number of carbonyl (C=O) groups excluding carboxylic acids is 1. The van der Waals surface area contributed by atoms with Crippen LogP contribution in [0, 0.1) is 0 Å². The molecule has 1 aliphatic heterocycles. The summed E-state index contributed by atoms with van der Waals surface area (Å²) in [5.41, 5.74) is 3.56. The molecule has 28 heavy (non-hydrogen) atoms. The first kappa shape index (κ1) is 18.4. The molecule has 3 aromatic rings. The van der Waals surface area contributed by atoms with E-state index >= 15 is 0 Å². The molecule has 0 spiro atoms. The number of hydrogen-bond acceptors (Lipinski definition) is 4. The topological polar surface area (TPSA) is 54.5 Å². The third kappa shape index (κ3) is 3.45. The van der Waals surface area contributed by atoms with Gasteiger partial charge in [0, 0.05) is 18.0 Å². The monoisotopic (exact) mass is 375 g/mol. The van der Waals surface area contributed by atoms with Crippen LogP contribution in [0.4, 0.5) is 0 Å². The largest absolute Gasteiger partial charge is 0.495 e. The number of rotatable bonds is 7. The molecule has 2 heterocycles. The summed E-state index contributed by atoms with van der Waals surface area (Å²) in [5, 5.41) is 4.35. The van der Waals surface area contributed by atoms with E-state index in [2.05, 4.69) is 24.4 Å². The van der Waals surface area contributed by atoms with Gasteiger partial charge in [-0.05, 0) is 37.6 Å². The zero-order valence-electron chi connectivity index (χ0n) is 16.3. The minimum Gasteiger partial charge on any atom is -0.495 e. The molecule has 1 unspecified atom stereocenters. The van der Waals surface area contributed by atoms with Crippen molar-refractivity contribution in [2.75, 3.05) is 13.7 Å². The fourth-order valence-electron chi connectivity index (χ4n) is 3.81. The molecule has 1 amide bonds. The predicted molar refractivity (Wildman–Crippen MR) is 110 cm³/mol. The lowest BCUT2D eigenvalue weighted by molar-refractivity contribution is 0.0706. The van der Waals surface area contributed by atoms with Crippen LogP contribution in [0.3, 0.4) is 0 Å². The number of carbonyl (C=O) groups is 1. The van der Waals surface area contributed by atoms with Crippen molar-refractivity contribution in [3.05, 3.63) is 71.4 Å². The van der Waals surface area contributed by atoms with E-state index in [0.29, 0.717) is 17.9 Å². The van der Waals surface area contributed by atoms with Crippen LogP contribution in [0.5, 0.6) is 5.75 Å². The molecule has 2 aromatic carbocycles. The summed E-state index contributed by atoms with van der Waals surface area (Å²) in [6.07, 6.45) is 0.883. The SMILES string of the molecule is COc1c2c(nc3ccccc13)CN(C(C)CCNCc1ccccc1)C2=O. The Bertz CT molecular complexity index is 988. The van der Waals surface area contributed by atoms with E-state index in [0.717, 1.165) is 36.1 Å². The van der Waals surface area contributed by atoms with Gasteiger partial charge in [-0.2, -0.15) is 0 Å². The van der Waals surface area contributed by atoms with Crippen molar-refractivity contribution >= 4 is 16.8 Å². The summed E-state index contributed by atoms with van der Waals surface area (Å²) >= 11 is 0. The van der Waals surface area contributed by atoms with Gasteiger partial charge in [-0.25, -0.2) is 4.98 Å². The first-order valence-electron chi connectivity index (χ1n) is 9.70. The van der Waals surface area contributed by atoms with E-state index in [-0.39, 0.29) is 11.9 Å². The Balaban J connectivity index is 1.44. The maximum Gasteiger partial charge on any atom is 0.260 e. The molecule has 0 aliphatic carbocycles. The lowest BCUT2D eigenvalue weighted by Crippen LogP contribution is -2.35. The van der Waals surface area contributed by atoms with E-state index in [1.807, 2.05) is 47.4 Å². The second-order valence-corrected chi connectivity index (χ2v) is 7.22. The van der Waals surface area contributed by atoms with Gasteiger partial charge in [0.1, 0.15) is 11.3 Å². The third-order valence-electron chi connectivity index (χ3n) is 5.36. The lowest BCUT2D eigenvalue weighted by Gasteiger charge is -2.24. The normalized spacial score (nSPS) is 14.4. The highest BCUT2D eigenvalue weighted by Gasteiger charge is 2.35. The van der Waals surface area contributed by atoms with Gasteiger partial charge in [0.2, 0.25) is 0 Å². The minimum atomic E-state index is 0.0145. The van der Waals surface area contributed by atoms with E-state index in [1.54, 1.807) is 7.11 Å². The molecule has 5 heteroatoms. The number of para-hydroxylation sites is 1. The number of benzene rings is 2. The van der Waals surface area contributed by atoms with Gasteiger partial charge in [-0.15, -0.1) is 0 Å². The summed E-state index contributed by atoms with van der Waals surface area (Å²) in [6, 6.07) is 18.3. The van der Waals surface area contributed by atoms with Crippen LogP contribution >= 0.6 is 0 Å². The molecule has 1 aromatic heterocycles. The second-order valence-electron chi connectivity index (χ2n) is 7.22. The summed E-state index contributed by atoms with van der Waals surface area (Å²) in [7, 11) is 1.62. The smallest absolute Gasteiger partial charge is 0.260 e. The fourth-order valence-corrected chi connectivity index (χ4v) is 3.81. The Morgan fingerprint density at radius 1 is 1.14 bits per heavy atom. The number of fused-ring (bicyclic) bond motifs is 2. The maximum absolute atomic E-state index is 13.1. The first-order valence-corrected chi connectivity index (χ1v) is 9.70. The number of methoxy groups -OCH3 is 1. The molecular formula is C23H25N3O2. The van der Waals surface area contributed by atoms with Crippen LogP contribution in [-0.4, -0.2) is 35.5 Å². The van der Waals surface area contributed by atoms with Crippen molar-refractivity contribution in [2.45, 2.75) is 32.5 Å². The van der Waals surface area contributed by atoms with Crippen molar-refractivity contribution in [2.24, 2.45) is 0 Å². The molecule has 5 nitrogen and oxygen atoms in total. The van der Waals surface area contributed by atoms with Gasteiger partial charge in [-0.3, -0.25) is 4.79 Å². The van der Waals surface area contributed by atoms with Crippen molar-refractivity contribution in [1.82, 2.24) is 15.2 Å². The minimum absolute atomic E-state index is 0.0145. The van der Waals surface area contributed by atoms with Gasteiger partial charge in [-0.1, -0.05) is 42.5 Å². The number of ether oxygens (including phenoxy) is 1. The van der Waals surface area contributed by atoms with E-state index in [9.17, 15) is 4.79 Å². The Hall–Kier alpha value is -2.92. The fraction of sp³-hybridized carbons (Fsp3) is 0.304. The standard InChI is InChI=1S/C23H25N3O2/c1-16(12-13-24-14-17-8-4-3-5-9-17)26-15-20-21(23(26)27)22(28-2)18-10-6-7-11-19(18)25-20/h3-11,16,24H,12-15H2,1-2H3. The number of amides is 1. The van der Waals surface area contributed by atoms with Gasteiger partial charge in [0.05, 0.1) is 24.9 Å². The Labute approximate surface area is 165 Å². The molecule has 1 N–H and O–H groups in total. The van der Waals surface area contributed by atoms with Crippen LogP contribution in [0.2, 0.25) is 0 Å². The Kier molecular flexibility index (Phi) is 5.26. The van der Waals surface area contributed by atoms with Crippen LogP contribution in [0.15, 0.2) is 54.6 Å². The summed E-state index contributed by atoms with van der Waals surface area (Å²) in [4.78, 5) is 19.7. The van der Waals surface area contributed by atoms with Gasteiger partial charge in [0.15, 0.2) is 0 Å². The number of aromatic nitrogens is 1. The van der Waals surface area contributed by atoms with Crippen LogP contribution in [0.25, 0.3) is 10.9 Å². The summed E-state index contributed by atoms with van der Waals surface area (Å²) in [6.45, 7) is 4.32. The summed E-state index contributed by atoms with van der Waals surface area (Å²) in [5.74, 6) is 0.656. The lowest BCUT2D eigenvalue weighted by atomic mass is 10.1. The highest BCUT2D eigenvalue weighted by atomic mass is 16.5. The quantitative estimate of drug-likeness (QED) is 0.639. The molecule has 144 valence electrons. The number of nitrogens with one attached hydrogen (secondary N) is 1. The zero-order chi connectivity index (χ0) is 19.5. The second kappa shape index (κ2) is 7.98. The van der Waals surface area contributed by atoms with Crippen molar-refractivity contribution in [3.63, 3.8) is 0 Å². The summed E-state index contributed by atoms with van der Waals surface area (Å²) < 4.78 is 5.62. The average Bonchev–Trinajstić information content (AvgIpc) is 3.06. The van der Waals surface area contributed by atoms with E-state index in [4.69, 9.17) is 9.72 Å². The highest BCUT2D eigenvalue weighted by Crippen LogP contribution is 2.36. The van der Waals surface area contributed by atoms with Crippen molar-refractivity contribution in [1.29, 1.82) is 0 Å². The van der Waals surface area contributed by atoms with Gasteiger partial charge >= 0.3 is 0 Å². The maximum atomic E-state index is 13.1. The Morgan fingerprint density at radius 3 is 2.68 bits per heavy atom. The van der Waals surface area contributed by atoms with Crippen molar-refractivity contribution in [3.8, 4) is 5.75 Å². The van der Waals surface area contributed by atoms with Crippen molar-refractivity contribution < 1.29 is 9.53 Å². The molecule has 4 rings (SSSR count). The number of pyridine rings is 1. The van der Waals surface area contributed by atoms with Crippen LogP contribution in [-0.2, 0) is 13.1 Å². The molecule has 0 saturated heterocycles. The first-order chi connectivity index (χ1) is 13.7.